The first-order valence-corrected chi connectivity index (χ1v) is 11.2. The Hall–Kier alpha value is -1.26. The molecule has 0 bridgehead atoms. The van der Waals surface area contributed by atoms with Crippen LogP contribution in [-0.2, 0) is 4.74 Å². The molecule has 1 aromatic carbocycles. The highest BCUT2D eigenvalue weighted by Gasteiger charge is 2.35. The molecule has 1 heterocycles. The van der Waals surface area contributed by atoms with Crippen LogP contribution in [0.4, 0.5) is 0 Å². The van der Waals surface area contributed by atoms with E-state index in [9.17, 15) is 0 Å². The van der Waals surface area contributed by atoms with E-state index in [1.807, 2.05) is 19.2 Å². The lowest BCUT2D eigenvalue weighted by molar-refractivity contribution is -0.0835. The first kappa shape index (κ1) is 28.8. The second-order valence-corrected chi connectivity index (χ2v) is 9.49. The zero-order chi connectivity index (χ0) is 23.0. The van der Waals surface area contributed by atoms with Gasteiger partial charge in [0.05, 0.1) is 26.4 Å². The molecule has 0 spiro atoms. The number of guanidine groups is 1. The minimum Gasteiger partial charge on any atom is -0.493 e. The van der Waals surface area contributed by atoms with E-state index in [-0.39, 0.29) is 41.5 Å². The summed E-state index contributed by atoms with van der Waals surface area (Å²) in [5.74, 6) is 2.76. The highest BCUT2D eigenvalue weighted by Crippen LogP contribution is 2.34. The molecule has 3 atom stereocenters. The number of hydrogen-bond acceptors (Lipinski definition) is 5. The van der Waals surface area contributed by atoms with E-state index in [2.05, 4.69) is 61.5 Å². The van der Waals surface area contributed by atoms with Crippen molar-refractivity contribution in [2.24, 2.45) is 16.3 Å². The molecule has 1 aromatic rings. The molecule has 0 saturated carbocycles. The van der Waals surface area contributed by atoms with Crippen molar-refractivity contribution in [2.45, 2.75) is 45.8 Å². The molecule has 1 fully saturated rings. The van der Waals surface area contributed by atoms with Gasteiger partial charge in [-0.25, -0.2) is 0 Å². The summed E-state index contributed by atoms with van der Waals surface area (Å²) < 4.78 is 17.0. The van der Waals surface area contributed by atoms with Crippen molar-refractivity contribution in [3.63, 3.8) is 0 Å². The maximum Gasteiger partial charge on any atom is 0.191 e. The number of nitrogens with zero attached hydrogens (tertiary/aromatic N) is 2. The van der Waals surface area contributed by atoms with E-state index in [0.29, 0.717) is 12.5 Å². The second kappa shape index (κ2) is 13.4. The van der Waals surface area contributed by atoms with E-state index in [0.717, 1.165) is 42.6 Å². The number of rotatable bonds is 8. The first-order chi connectivity index (χ1) is 14.7. The Kier molecular flexibility index (Phi) is 12.1. The summed E-state index contributed by atoms with van der Waals surface area (Å²) in [6, 6.07) is 6.22. The summed E-state index contributed by atoms with van der Waals surface area (Å²) in [6.07, 6.45) is 2.55. The molecule has 0 amide bonds. The summed E-state index contributed by atoms with van der Waals surface area (Å²) in [5, 5.41) is 7.02. The Labute approximate surface area is 211 Å². The van der Waals surface area contributed by atoms with Gasteiger partial charge in [0, 0.05) is 32.7 Å². The van der Waals surface area contributed by atoms with Gasteiger partial charge in [-0.2, -0.15) is 0 Å². The molecule has 2 rings (SSSR count). The van der Waals surface area contributed by atoms with Gasteiger partial charge in [-0.15, -0.1) is 24.0 Å². The van der Waals surface area contributed by atoms with E-state index >= 15 is 0 Å². The van der Waals surface area contributed by atoms with Crippen LogP contribution in [0.15, 0.2) is 23.2 Å². The van der Waals surface area contributed by atoms with Gasteiger partial charge in [0.1, 0.15) is 0 Å². The highest BCUT2D eigenvalue weighted by atomic mass is 127. The fourth-order valence-corrected chi connectivity index (χ4v) is 4.31. The minimum atomic E-state index is 0. The molecular formula is C24H43IN4O3. The lowest BCUT2D eigenvalue weighted by Crippen LogP contribution is -2.48. The fourth-order valence-electron chi connectivity index (χ4n) is 4.31. The van der Waals surface area contributed by atoms with Gasteiger partial charge in [-0.3, -0.25) is 4.99 Å². The minimum absolute atomic E-state index is 0. The topological polar surface area (TPSA) is 67.4 Å². The van der Waals surface area contributed by atoms with Crippen LogP contribution in [0.1, 0.15) is 45.2 Å². The largest absolute Gasteiger partial charge is 0.493 e. The van der Waals surface area contributed by atoms with E-state index in [1.54, 1.807) is 14.2 Å². The number of hydrogen-bond donors (Lipinski definition) is 2. The predicted molar refractivity (Wildman–Crippen MR) is 143 cm³/mol. The number of aliphatic imine (C=N–C) groups is 1. The monoisotopic (exact) mass is 562 g/mol. The Morgan fingerprint density at radius 1 is 1.19 bits per heavy atom. The van der Waals surface area contributed by atoms with Gasteiger partial charge >= 0.3 is 0 Å². The van der Waals surface area contributed by atoms with Crippen molar-refractivity contribution in [1.29, 1.82) is 0 Å². The van der Waals surface area contributed by atoms with Crippen LogP contribution < -0.4 is 20.1 Å². The highest BCUT2D eigenvalue weighted by molar-refractivity contribution is 14.0. The molecule has 7 nitrogen and oxygen atoms in total. The fraction of sp³-hybridized carbons (Fsp3) is 0.708. The number of ether oxygens (including phenoxy) is 3. The van der Waals surface area contributed by atoms with Crippen LogP contribution in [-0.4, -0.2) is 72.0 Å². The number of halogens is 1. The van der Waals surface area contributed by atoms with Gasteiger partial charge in [0.25, 0.3) is 0 Å². The number of methoxy groups -OCH3 is 2. The molecule has 3 unspecified atom stereocenters. The molecule has 184 valence electrons. The SMILES string of the molecule is CN=C(NCC1CCCOC1C(C)(C)C)NCC(c1ccc(OC)c(OC)c1)N(C)C.I. The number of likely N-dealkylation sites (N-methyl/N-ethyl adjacent to an activating group) is 1. The molecule has 0 aromatic heterocycles. The lowest BCUT2D eigenvalue weighted by Gasteiger charge is -2.40. The summed E-state index contributed by atoms with van der Waals surface area (Å²) in [7, 11) is 9.28. The van der Waals surface area contributed by atoms with E-state index < -0.39 is 0 Å². The molecule has 1 saturated heterocycles. The molecular weight excluding hydrogens is 519 g/mol. The number of benzene rings is 1. The van der Waals surface area contributed by atoms with Gasteiger partial charge in [0.2, 0.25) is 0 Å². The normalized spacial score (nSPS) is 20.3. The van der Waals surface area contributed by atoms with Crippen LogP contribution in [0.2, 0.25) is 0 Å². The van der Waals surface area contributed by atoms with Gasteiger partial charge in [-0.05, 0) is 50.0 Å². The first-order valence-electron chi connectivity index (χ1n) is 11.2. The van der Waals surface area contributed by atoms with Crippen LogP contribution >= 0.6 is 24.0 Å². The van der Waals surface area contributed by atoms with Gasteiger partial charge in [-0.1, -0.05) is 26.8 Å². The van der Waals surface area contributed by atoms with Crippen molar-refractivity contribution >= 4 is 29.9 Å². The Bertz CT molecular complexity index is 722. The summed E-state index contributed by atoms with van der Waals surface area (Å²) in [6.45, 7) is 9.20. The van der Waals surface area contributed by atoms with Crippen LogP contribution in [0.5, 0.6) is 11.5 Å². The van der Waals surface area contributed by atoms with E-state index in [1.165, 1.54) is 6.42 Å². The van der Waals surface area contributed by atoms with Crippen molar-refractivity contribution in [3.8, 4) is 11.5 Å². The molecule has 2 N–H and O–H groups in total. The van der Waals surface area contributed by atoms with Crippen molar-refractivity contribution < 1.29 is 14.2 Å². The Morgan fingerprint density at radius 2 is 1.88 bits per heavy atom. The number of nitrogens with one attached hydrogen (secondary N) is 2. The van der Waals surface area contributed by atoms with Crippen molar-refractivity contribution in [3.05, 3.63) is 23.8 Å². The Morgan fingerprint density at radius 3 is 2.44 bits per heavy atom. The average Bonchev–Trinajstić information content (AvgIpc) is 2.75. The standard InChI is InChI=1S/C24H42N4O3.HI/c1-24(2,3)22-18(10-9-13-31-22)15-26-23(25-4)27-16-19(28(5)6)17-11-12-20(29-7)21(14-17)30-8;/h11-12,14,18-19,22H,9-10,13,15-16H2,1-8H3,(H2,25,26,27);1H. The van der Waals surface area contributed by atoms with Crippen molar-refractivity contribution in [1.82, 2.24) is 15.5 Å². The molecule has 1 aliphatic heterocycles. The third kappa shape index (κ3) is 7.95. The van der Waals surface area contributed by atoms with Crippen molar-refractivity contribution in [2.75, 3.05) is 55.1 Å². The maximum absolute atomic E-state index is 6.12. The van der Waals surface area contributed by atoms with Gasteiger partial charge in [0.15, 0.2) is 17.5 Å². The molecule has 0 radical (unpaired) electrons. The molecule has 8 heteroatoms. The summed E-state index contributed by atoms with van der Waals surface area (Å²) in [5.41, 5.74) is 1.28. The zero-order valence-electron chi connectivity index (χ0n) is 21.0. The summed E-state index contributed by atoms with van der Waals surface area (Å²) >= 11 is 0. The van der Waals surface area contributed by atoms with Crippen LogP contribution in [0.3, 0.4) is 0 Å². The molecule has 1 aliphatic rings. The smallest absolute Gasteiger partial charge is 0.191 e. The second-order valence-electron chi connectivity index (χ2n) is 9.49. The third-order valence-electron chi connectivity index (χ3n) is 5.93. The summed E-state index contributed by atoms with van der Waals surface area (Å²) in [4.78, 5) is 6.62. The lowest BCUT2D eigenvalue weighted by atomic mass is 9.78. The maximum atomic E-state index is 6.12. The third-order valence-corrected chi connectivity index (χ3v) is 5.93. The molecule has 0 aliphatic carbocycles. The van der Waals surface area contributed by atoms with E-state index in [4.69, 9.17) is 14.2 Å². The van der Waals surface area contributed by atoms with Gasteiger partial charge < -0.3 is 29.7 Å². The molecule has 32 heavy (non-hydrogen) atoms. The Balaban J connectivity index is 0.00000512. The zero-order valence-corrected chi connectivity index (χ0v) is 23.4. The average molecular weight is 563 g/mol. The quantitative estimate of drug-likeness (QED) is 0.285. The predicted octanol–water partition coefficient (Wildman–Crippen LogP) is 3.93. The van der Waals surface area contributed by atoms with Crippen LogP contribution in [0, 0.1) is 11.3 Å². The van der Waals surface area contributed by atoms with Crippen LogP contribution in [0.25, 0.3) is 0 Å².